The quantitative estimate of drug-likeness (QED) is 0.379. The van der Waals surface area contributed by atoms with Gasteiger partial charge in [0.15, 0.2) is 5.82 Å². The first-order valence-corrected chi connectivity index (χ1v) is 12.4. The molecule has 1 N–H and O–H groups in total. The molecule has 3 heterocycles. The Kier molecular flexibility index (Phi) is 5.71. The number of para-hydroxylation sites is 1. The van der Waals surface area contributed by atoms with Crippen LogP contribution in [0.5, 0.6) is 5.75 Å². The summed E-state index contributed by atoms with van der Waals surface area (Å²) in [6.07, 6.45) is 0.899. The molecule has 1 atom stereocenters. The minimum Gasteiger partial charge on any atom is -0.497 e. The van der Waals surface area contributed by atoms with Crippen LogP contribution >= 0.6 is 0 Å². The third-order valence-corrected chi connectivity index (χ3v) is 7.40. The molecule has 0 radical (unpaired) electrons. The molecule has 2 aromatic heterocycles. The van der Waals surface area contributed by atoms with Gasteiger partial charge in [0.1, 0.15) is 11.8 Å². The summed E-state index contributed by atoms with van der Waals surface area (Å²) in [5, 5.41) is 13.8. The standard InChI is InChI=1S/C29H28N6O2/c1-18-8-11-22-16-24(29(36)30-26(22)19(18)2)27(34-15-14-21-6-4-5-7-25(21)34)28-31-32-33-35(28)17-20-9-12-23(37-3)13-10-20/h4-13,16,27H,14-15,17H2,1-3H3,(H,30,36)/t27-/m0/s1. The molecule has 8 nitrogen and oxygen atoms in total. The molecule has 1 aliphatic rings. The van der Waals surface area contributed by atoms with Gasteiger partial charge in [0.25, 0.3) is 5.56 Å². The van der Waals surface area contributed by atoms with Crippen LogP contribution in [0.2, 0.25) is 0 Å². The number of fused-ring (bicyclic) bond motifs is 2. The molecule has 0 amide bonds. The molecule has 0 bridgehead atoms. The van der Waals surface area contributed by atoms with Crippen LogP contribution in [0.15, 0.2) is 71.5 Å². The number of aromatic nitrogens is 5. The maximum absolute atomic E-state index is 13.7. The second kappa shape index (κ2) is 9.20. The van der Waals surface area contributed by atoms with E-state index in [4.69, 9.17) is 4.74 Å². The molecule has 37 heavy (non-hydrogen) atoms. The lowest BCUT2D eigenvalue weighted by atomic mass is 10.00. The Bertz CT molecular complexity index is 1650. The van der Waals surface area contributed by atoms with Gasteiger partial charge in [-0.05, 0) is 82.6 Å². The van der Waals surface area contributed by atoms with Gasteiger partial charge in [-0.15, -0.1) is 5.10 Å². The van der Waals surface area contributed by atoms with Crippen LogP contribution in [-0.2, 0) is 13.0 Å². The number of rotatable bonds is 6. The van der Waals surface area contributed by atoms with Gasteiger partial charge in [-0.3, -0.25) is 4.79 Å². The van der Waals surface area contributed by atoms with E-state index in [9.17, 15) is 4.79 Å². The Labute approximate surface area is 214 Å². The first-order chi connectivity index (χ1) is 18.0. The maximum Gasteiger partial charge on any atom is 0.254 e. The summed E-state index contributed by atoms with van der Waals surface area (Å²) in [6.45, 7) is 5.33. The Morgan fingerprint density at radius 3 is 2.68 bits per heavy atom. The van der Waals surface area contributed by atoms with Crippen LogP contribution in [0, 0.1) is 13.8 Å². The zero-order valence-corrected chi connectivity index (χ0v) is 21.1. The molecule has 3 aromatic carbocycles. The van der Waals surface area contributed by atoms with Crippen LogP contribution in [0.25, 0.3) is 10.9 Å². The lowest BCUT2D eigenvalue weighted by molar-refractivity contribution is 0.414. The van der Waals surface area contributed by atoms with Crippen molar-refractivity contribution in [2.45, 2.75) is 32.9 Å². The number of H-pyrrole nitrogens is 1. The van der Waals surface area contributed by atoms with Crippen molar-refractivity contribution in [3.63, 3.8) is 0 Å². The number of hydrogen-bond donors (Lipinski definition) is 1. The number of methoxy groups -OCH3 is 1. The topological polar surface area (TPSA) is 88.9 Å². The SMILES string of the molecule is COc1ccc(Cn2nnnc2[C@H](c2cc3ccc(C)c(C)c3[nH]c2=O)N2CCc3ccccc32)cc1. The van der Waals surface area contributed by atoms with Gasteiger partial charge in [0, 0.05) is 17.8 Å². The number of anilines is 1. The van der Waals surface area contributed by atoms with E-state index in [2.05, 4.69) is 62.7 Å². The molecule has 0 saturated heterocycles. The molecule has 8 heteroatoms. The highest BCUT2D eigenvalue weighted by molar-refractivity contribution is 5.83. The summed E-state index contributed by atoms with van der Waals surface area (Å²) in [4.78, 5) is 19.1. The monoisotopic (exact) mass is 492 g/mol. The smallest absolute Gasteiger partial charge is 0.254 e. The zero-order chi connectivity index (χ0) is 25.5. The average molecular weight is 493 g/mol. The van der Waals surface area contributed by atoms with Gasteiger partial charge in [0.05, 0.1) is 19.2 Å². The molecular weight excluding hydrogens is 464 g/mol. The lowest BCUT2D eigenvalue weighted by Gasteiger charge is -2.29. The van der Waals surface area contributed by atoms with Crippen molar-refractivity contribution in [2.75, 3.05) is 18.6 Å². The van der Waals surface area contributed by atoms with Crippen LogP contribution in [0.4, 0.5) is 5.69 Å². The van der Waals surface area contributed by atoms with E-state index in [1.807, 2.05) is 43.3 Å². The normalized spacial score (nSPS) is 13.6. The zero-order valence-electron chi connectivity index (χ0n) is 21.1. The molecule has 1 aliphatic heterocycles. The van der Waals surface area contributed by atoms with E-state index < -0.39 is 6.04 Å². The van der Waals surface area contributed by atoms with Gasteiger partial charge in [-0.2, -0.15) is 0 Å². The summed E-state index contributed by atoms with van der Waals surface area (Å²) in [7, 11) is 1.65. The average Bonchev–Trinajstić information content (AvgIpc) is 3.55. The van der Waals surface area contributed by atoms with E-state index in [1.165, 1.54) is 5.56 Å². The Morgan fingerprint density at radius 2 is 1.86 bits per heavy atom. The minimum atomic E-state index is -0.452. The van der Waals surface area contributed by atoms with Crippen LogP contribution in [0.3, 0.4) is 0 Å². The highest BCUT2D eigenvalue weighted by Gasteiger charge is 2.34. The molecule has 0 fully saturated rings. The second-order valence-electron chi connectivity index (χ2n) is 9.54. The highest BCUT2D eigenvalue weighted by Crippen LogP contribution is 2.37. The fourth-order valence-corrected chi connectivity index (χ4v) is 5.25. The molecule has 0 unspecified atom stereocenters. The maximum atomic E-state index is 13.7. The third kappa shape index (κ3) is 4.04. The van der Waals surface area contributed by atoms with Gasteiger partial charge >= 0.3 is 0 Å². The molecule has 186 valence electrons. The van der Waals surface area contributed by atoms with Crippen molar-refractivity contribution in [1.82, 2.24) is 25.2 Å². The predicted molar refractivity (Wildman–Crippen MR) is 143 cm³/mol. The summed E-state index contributed by atoms with van der Waals surface area (Å²) in [5.41, 5.74) is 6.97. The number of tetrazole rings is 1. The lowest BCUT2D eigenvalue weighted by Crippen LogP contribution is -2.34. The van der Waals surface area contributed by atoms with Crippen molar-refractivity contribution in [3.05, 3.63) is 111 Å². The summed E-state index contributed by atoms with van der Waals surface area (Å²) < 4.78 is 7.09. The molecule has 0 saturated carbocycles. The number of hydrogen-bond acceptors (Lipinski definition) is 6. The minimum absolute atomic E-state index is 0.130. The van der Waals surface area contributed by atoms with Gasteiger partial charge in [-0.25, -0.2) is 4.68 Å². The van der Waals surface area contributed by atoms with E-state index in [0.717, 1.165) is 52.0 Å². The van der Waals surface area contributed by atoms with Gasteiger partial charge in [-0.1, -0.05) is 42.5 Å². The summed E-state index contributed by atoms with van der Waals surface area (Å²) >= 11 is 0. The van der Waals surface area contributed by atoms with Crippen LogP contribution < -0.4 is 15.2 Å². The summed E-state index contributed by atoms with van der Waals surface area (Å²) in [5.74, 6) is 1.42. The molecule has 6 rings (SSSR count). The number of nitrogens with one attached hydrogen (secondary N) is 1. The number of ether oxygens (including phenoxy) is 1. The summed E-state index contributed by atoms with van der Waals surface area (Å²) in [6, 6.07) is 21.9. The first-order valence-electron chi connectivity index (χ1n) is 12.4. The van der Waals surface area contributed by atoms with Gasteiger partial charge in [0.2, 0.25) is 0 Å². The van der Waals surface area contributed by atoms with Crippen molar-refractivity contribution < 1.29 is 4.74 Å². The second-order valence-corrected chi connectivity index (χ2v) is 9.54. The number of nitrogens with zero attached hydrogens (tertiary/aromatic N) is 5. The van der Waals surface area contributed by atoms with E-state index in [-0.39, 0.29) is 5.56 Å². The number of aromatic amines is 1. The Hall–Kier alpha value is -4.46. The first kappa shape index (κ1) is 23.0. The van der Waals surface area contributed by atoms with Crippen molar-refractivity contribution >= 4 is 16.6 Å². The Morgan fingerprint density at radius 1 is 1.05 bits per heavy atom. The molecular formula is C29H28N6O2. The fraction of sp³-hybridized carbons (Fsp3) is 0.241. The van der Waals surface area contributed by atoms with E-state index >= 15 is 0 Å². The van der Waals surface area contributed by atoms with Crippen molar-refractivity contribution in [2.24, 2.45) is 0 Å². The molecule has 0 aliphatic carbocycles. The largest absolute Gasteiger partial charge is 0.497 e. The van der Waals surface area contributed by atoms with Crippen molar-refractivity contribution in [1.29, 1.82) is 0 Å². The van der Waals surface area contributed by atoms with Crippen LogP contribution in [-0.4, -0.2) is 38.8 Å². The predicted octanol–water partition coefficient (Wildman–Crippen LogP) is 4.34. The van der Waals surface area contributed by atoms with Gasteiger partial charge < -0.3 is 14.6 Å². The molecule has 0 spiro atoms. The van der Waals surface area contributed by atoms with Crippen LogP contribution in [0.1, 0.15) is 39.7 Å². The van der Waals surface area contributed by atoms with E-state index in [0.29, 0.717) is 17.9 Å². The highest BCUT2D eigenvalue weighted by atomic mass is 16.5. The third-order valence-electron chi connectivity index (χ3n) is 7.40. The fourth-order valence-electron chi connectivity index (χ4n) is 5.25. The van der Waals surface area contributed by atoms with Crippen molar-refractivity contribution in [3.8, 4) is 5.75 Å². The molecule has 5 aromatic rings. The Balaban J connectivity index is 1.50. The number of benzene rings is 3. The van der Waals surface area contributed by atoms with E-state index in [1.54, 1.807) is 11.8 Å². The number of pyridine rings is 1. The number of aryl methyl sites for hydroxylation is 2.